The molecule has 0 aliphatic rings. The fraction of sp³-hybridized carbons (Fsp3) is 0.100. The standard InChI is InChI=1S/C20H17N5OS/c1-13-8-6-7-11-17(13)25-14(2)16(12-21-25)18(26)22-20-24-23-19(27-20)15-9-4-3-5-10-15/h3-12H,1-2H3,(H,22,24,26). The lowest BCUT2D eigenvalue weighted by molar-refractivity contribution is 0.102. The number of nitrogens with zero attached hydrogens (tertiary/aromatic N) is 4. The highest BCUT2D eigenvalue weighted by Gasteiger charge is 2.18. The smallest absolute Gasteiger partial charge is 0.260 e. The number of hydrogen-bond donors (Lipinski definition) is 1. The second-order valence-electron chi connectivity index (χ2n) is 6.07. The zero-order valence-electron chi connectivity index (χ0n) is 14.9. The number of amides is 1. The summed E-state index contributed by atoms with van der Waals surface area (Å²) in [4.78, 5) is 12.7. The predicted molar refractivity (Wildman–Crippen MR) is 106 cm³/mol. The van der Waals surface area contributed by atoms with Gasteiger partial charge in [0.05, 0.1) is 23.1 Å². The van der Waals surface area contributed by atoms with Crippen LogP contribution >= 0.6 is 11.3 Å². The highest BCUT2D eigenvalue weighted by molar-refractivity contribution is 7.18. The fourth-order valence-corrected chi connectivity index (χ4v) is 3.56. The average molecular weight is 375 g/mol. The first kappa shape index (κ1) is 17.1. The first-order valence-electron chi connectivity index (χ1n) is 8.44. The van der Waals surface area contributed by atoms with Crippen LogP contribution < -0.4 is 5.32 Å². The largest absolute Gasteiger partial charge is 0.296 e. The fourth-order valence-electron chi connectivity index (χ4n) is 2.81. The Morgan fingerprint density at radius 1 is 1.00 bits per heavy atom. The predicted octanol–water partition coefficient (Wildman–Crippen LogP) is 4.26. The monoisotopic (exact) mass is 375 g/mol. The number of rotatable bonds is 4. The number of carbonyl (C=O) groups excluding carboxylic acids is 1. The highest BCUT2D eigenvalue weighted by atomic mass is 32.1. The molecule has 0 saturated carbocycles. The van der Waals surface area contributed by atoms with Crippen molar-refractivity contribution in [2.24, 2.45) is 0 Å². The Balaban J connectivity index is 1.56. The third kappa shape index (κ3) is 3.37. The second kappa shape index (κ2) is 7.13. The minimum Gasteiger partial charge on any atom is -0.296 e. The Bertz CT molecular complexity index is 1100. The molecular formula is C20H17N5OS. The van der Waals surface area contributed by atoms with E-state index in [1.165, 1.54) is 11.3 Å². The molecule has 0 bridgehead atoms. The van der Waals surface area contributed by atoms with E-state index in [2.05, 4.69) is 20.6 Å². The van der Waals surface area contributed by atoms with Gasteiger partial charge in [-0.3, -0.25) is 10.1 Å². The molecule has 0 unspecified atom stereocenters. The number of anilines is 1. The molecule has 7 heteroatoms. The van der Waals surface area contributed by atoms with Crippen molar-refractivity contribution in [1.29, 1.82) is 0 Å². The Hall–Kier alpha value is -3.32. The summed E-state index contributed by atoms with van der Waals surface area (Å²) >= 11 is 1.34. The summed E-state index contributed by atoms with van der Waals surface area (Å²) in [5.74, 6) is -0.247. The summed E-state index contributed by atoms with van der Waals surface area (Å²) < 4.78 is 1.78. The lowest BCUT2D eigenvalue weighted by atomic mass is 10.2. The Morgan fingerprint density at radius 2 is 1.74 bits per heavy atom. The molecule has 0 atom stereocenters. The van der Waals surface area contributed by atoms with Gasteiger partial charge in [0.1, 0.15) is 5.01 Å². The number of aryl methyl sites for hydroxylation is 1. The van der Waals surface area contributed by atoms with Gasteiger partial charge in [-0.05, 0) is 25.5 Å². The molecule has 0 radical (unpaired) electrons. The van der Waals surface area contributed by atoms with Crippen molar-refractivity contribution >= 4 is 22.4 Å². The van der Waals surface area contributed by atoms with Crippen molar-refractivity contribution in [3.63, 3.8) is 0 Å². The first-order valence-corrected chi connectivity index (χ1v) is 9.26. The summed E-state index contributed by atoms with van der Waals surface area (Å²) in [6.45, 7) is 3.90. The van der Waals surface area contributed by atoms with E-state index < -0.39 is 0 Å². The molecule has 0 aliphatic heterocycles. The number of para-hydroxylation sites is 1. The summed E-state index contributed by atoms with van der Waals surface area (Å²) in [7, 11) is 0. The van der Waals surface area contributed by atoms with Crippen molar-refractivity contribution in [3.8, 4) is 16.3 Å². The summed E-state index contributed by atoms with van der Waals surface area (Å²) in [6, 6.07) is 17.7. The van der Waals surface area contributed by atoms with Crippen molar-refractivity contribution < 1.29 is 4.79 Å². The molecule has 4 rings (SSSR count). The van der Waals surface area contributed by atoms with Crippen LogP contribution in [0.4, 0.5) is 5.13 Å². The Kier molecular flexibility index (Phi) is 4.52. The van der Waals surface area contributed by atoms with Crippen molar-refractivity contribution in [2.75, 3.05) is 5.32 Å². The number of benzene rings is 2. The van der Waals surface area contributed by atoms with Crippen molar-refractivity contribution in [2.45, 2.75) is 13.8 Å². The van der Waals surface area contributed by atoms with Gasteiger partial charge in [0, 0.05) is 5.56 Å². The van der Waals surface area contributed by atoms with Gasteiger partial charge in [0.25, 0.3) is 5.91 Å². The third-order valence-corrected chi connectivity index (χ3v) is 5.15. The maximum atomic E-state index is 12.7. The van der Waals surface area contributed by atoms with E-state index in [4.69, 9.17) is 0 Å². The normalized spacial score (nSPS) is 10.7. The Morgan fingerprint density at radius 3 is 2.52 bits per heavy atom. The van der Waals surface area contributed by atoms with Gasteiger partial charge >= 0.3 is 0 Å². The molecule has 27 heavy (non-hydrogen) atoms. The van der Waals surface area contributed by atoms with Gasteiger partial charge in [-0.2, -0.15) is 5.10 Å². The SMILES string of the molecule is Cc1ccccc1-n1ncc(C(=O)Nc2nnc(-c3ccccc3)s2)c1C. The van der Waals surface area contributed by atoms with Crippen LogP contribution in [0.15, 0.2) is 60.8 Å². The van der Waals surface area contributed by atoms with Gasteiger partial charge in [-0.1, -0.05) is 59.9 Å². The summed E-state index contributed by atoms with van der Waals surface area (Å²) in [5.41, 5.74) is 4.30. The zero-order chi connectivity index (χ0) is 18.8. The van der Waals surface area contributed by atoms with Gasteiger partial charge < -0.3 is 0 Å². The Labute approximate surface area is 160 Å². The van der Waals surface area contributed by atoms with E-state index in [9.17, 15) is 4.79 Å². The van der Waals surface area contributed by atoms with E-state index in [-0.39, 0.29) is 5.91 Å². The number of nitrogens with one attached hydrogen (secondary N) is 1. The highest BCUT2D eigenvalue weighted by Crippen LogP contribution is 2.26. The van der Waals surface area contributed by atoms with Crippen LogP contribution in [0.2, 0.25) is 0 Å². The quantitative estimate of drug-likeness (QED) is 0.578. The van der Waals surface area contributed by atoms with E-state index in [0.717, 1.165) is 27.5 Å². The molecule has 134 valence electrons. The molecule has 0 saturated heterocycles. The van der Waals surface area contributed by atoms with E-state index >= 15 is 0 Å². The minimum absolute atomic E-state index is 0.247. The van der Waals surface area contributed by atoms with Gasteiger partial charge in [0.2, 0.25) is 5.13 Å². The van der Waals surface area contributed by atoms with Crippen LogP contribution in [0.5, 0.6) is 0 Å². The molecule has 2 aromatic carbocycles. The van der Waals surface area contributed by atoms with Crippen LogP contribution in [0.25, 0.3) is 16.3 Å². The third-order valence-electron chi connectivity index (χ3n) is 4.26. The molecule has 2 aromatic heterocycles. The molecule has 1 amide bonds. The number of carbonyl (C=O) groups is 1. The number of aromatic nitrogens is 4. The van der Waals surface area contributed by atoms with Crippen molar-refractivity contribution in [1.82, 2.24) is 20.0 Å². The molecular weight excluding hydrogens is 358 g/mol. The maximum Gasteiger partial charge on any atom is 0.260 e. The molecule has 0 aliphatic carbocycles. The first-order chi connectivity index (χ1) is 13.1. The summed E-state index contributed by atoms with van der Waals surface area (Å²) in [5, 5.41) is 16.7. The van der Waals surface area contributed by atoms with E-state index in [1.54, 1.807) is 10.9 Å². The van der Waals surface area contributed by atoms with Gasteiger partial charge in [0.15, 0.2) is 0 Å². The maximum absolute atomic E-state index is 12.7. The molecule has 2 heterocycles. The van der Waals surface area contributed by atoms with Crippen molar-refractivity contribution in [3.05, 3.63) is 77.6 Å². The van der Waals surface area contributed by atoms with Crippen LogP contribution in [0.3, 0.4) is 0 Å². The molecule has 6 nitrogen and oxygen atoms in total. The summed E-state index contributed by atoms with van der Waals surface area (Å²) in [6.07, 6.45) is 1.58. The average Bonchev–Trinajstić information content (AvgIpc) is 3.30. The molecule has 0 spiro atoms. The molecule has 0 fully saturated rings. The van der Waals surface area contributed by atoms with Crippen LogP contribution in [-0.2, 0) is 0 Å². The van der Waals surface area contributed by atoms with E-state index in [1.807, 2.05) is 68.4 Å². The molecule has 1 N–H and O–H groups in total. The van der Waals surface area contributed by atoms with Crippen LogP contribution in [0.1, 0.15) is 21.6 Å². The molecule has 4 aromatic rings. The van der Waals surface area contributed by atoms with Gasteiger partial charge in [-0.15, -0.1) is 10.2 Å². The topological polar surface area (TPSA) is 72.7 Å². The lowest BCUT2D eigenvalue weighted by Crippen LogP contribution is -2.13. The lowest BCUT2D eigenvalue weighted by Gasteiger charge is -2.08. The van der Waals surface area contributed by atoms with Crippen LogP contribution in [0, 0.1) is 13.8 Å². The van der Waals surface area contributed by atoms with Crippen LogP contribution in [-0.4, -0.2) is 25.9 Å². The van der Waals surface area contributed by atoms with Gasteiger partial charge in [-0.25, -0.2) is 4.68 Å². The zero-order valence-corrected chi connectivity index (χ0v) is 15.7. The number of hydrogen-bond acceptors (Lipinski definition) is 5. The second-order valence-corrected chi connectivity index (χ2v) is 7.05. The minimum atomic E-state index is -0.247. The van der Waals surface area contributed by atoms with E-state index in [0.29, 0.717) is 10.7 Å².